The van der Waals surface area contributed by atoms with Gasteiger partial charge in [-0.1, -0.05) is 42.6 Å². The first kappa shape index (κ1) is 13.2. The van der Waals surface area contributed by atoms with Crippen LogP contribution in [0.15, 0.2) is 0 Å². The molecule has 0 N–H and O–H groups in total. The van der Waals surface area contributed by atoms with E-state index < -0.39 is 0 Å². The van der Waals surface area contributed by atoms with Crippen molar-refractivity contribution in [2.45, 2.75) is 50.0 Å². The maximum Gasteiger partial charge on any atom is 0.0149 e. The molecule has 0 aromatic rings. The Bertz CT molecular complexity index is 218. The Hall–Kier alpha value is 0.790. The molecule has 2 fully saturated rings. The molecule has 0 aromatic heterocycles. The normalized spacial score (nSPS) is 35.4. The van der Waals surface area contributed by atoms with E-state index in [-0.39, 0.29) is 0 Å². The SMILES string of the molecule is CC1CN(CC2(CBr)CCCC2)CC(C)S1. The van der Waals surface area contributed by atoms with Crippen molar-refractivity contribution in [2.75, 3.05) is 25.0 Å². The molecule has 1 aliphatic heterocycles. The third kappa shape index (κ3) is 3.17. The van der Waals surface area contributed by atoms with Gasteiger partial charge in [-0.25, -0.2) is 0 Å². The van der Waals surface area contributed by atoms with Gasteiger partial charge in [0.2, 0.25) is 0 Å². The van der Waals surface area contributed by atoms with E-state index in [1.54, 1.807) is 0 Å². The van der Waals surface area contributed by atoms with E-state index in [1.165, 1.54) is 50.6 Å². The minimum atomic E-state index is 0.599. The van der Waals surface area contributed by atoms with Crippen molar-refractivity contribution < 1.29 is 0 Å². The highest BCUT2D eigenvalue weighted by Gasteiger charge is 2.36. The predicted molar refractivity (Wildman–Crippen MR) is 77.7 cm³/mol. The summed E-state index contributed by atoms with van der Waals surface area (Å²) in [6.07, 6.45) is 5.76. The van der Waals surface area contributed by atoms with E-state index in [0.717, 1.165) is 10.5 Å². The third-order valence-corrected chi connectivity index (χ3v) is 6.42. The molecular weight excluding hydrogens is 282 g/mol. The number of hydrogen-bond donors (Lipinski definition) is 0. The van der Waals surface area contributed by atoms with Gasteiger partial charge in [-0.2, -0.15) is 11.8 Å². The Morgan fingerprint density at radius 1 is 1.19 bits per heavy atom. The summed E-state index contributed by atoms with van der Waals surface area (Å²) >= 11 is 5.91. The molecule has 1 nitrogen and oxygen atoms in total. The fraction of sp³-hybridized carbons (Fsp3) is 1.00. The lowest BCUT2D eigenvalue weighted by Gasteiger charge is -2.40. The summed E-state index contributed by atoms with van der Waals surface area (Å²) in [7, 11) is 0. The molecule has 0 aromatic carbocycles. The molecule has 2 atom stereocenters. The van der Waals surface area contributed by atoms with E-state index in [9.17, 15) is 0 Å². The van der Waals surface area contributed by atoms with Gasteiger partial charge in [-0.15, -0.1) is 0 Å². The van der Waals surface area contributed by atoms with Gasteiger partial charge >= 0.3 is 0 Å². The molecule has 2 rings (SSSR count). The molecule has 1 aliphatic carbocycles. The van der Waals surface area contributed by atoms with E-state index in [0.29, 0.717) is 5.41 Å². The Labute approximate surface area is 113 Å². The molecule has 1 saturated carbocycles. The Morgan fingerprint density at radius 3 is 2.25 bits per heavy atom. The van der Waals surface area contributed by atoms with Crippen LogP contribution in [0, 0.1) is 5.41 Å². The van der Waals surface area contributed by atoms with Crippen molar-refractivity contribution in [3.63, 3.8) is 0 Å². The Kier molecular flexibility index (Phi) is 4.65. The number of rotatable bonds is 3. The van der Waals surface area contributed by atoms with Crippen molar-refractivity contribution >= 4 is 27.7 Å². The second-order valence-electron chi connectivity index (χ2n) is 5.79. The van der Waals surface area contributed by atoms with Crippen LogP contribution in [0.5, 0.6) is 0 Å². The molecule has 94 valence electrons. The lowest BCUT2D eigenvalue weighted by Crippen LogP contribution is -2.46. The maximum atomic E-state index is 3.76. The summed E-state index contributed by atoms with van der Waals surface area (Å²) in [6, 6.07) is 0. The molecule has 16 heavy (non-hydrogen) atoms. The second-order valence-corrected chi connectivity index (χ2v) is 8.23. The number of hydrogen-bond acceptors (Lipinski definition) is 2. The minimum absolute atomic E-state index is 0.599. The molecule has 0 radical (unpaired) electrons. The van der Waals surface area contributed by atoms with Crippen molar-refractivity contribution in [3.05, 3.63) is 0 Å². The fourth-order valence-corrected chi connectivity index (χ4v) is 5.47. The molecule has 3 heteroatoms. The summed E-state index contributed by atoms with van der Waals surface area (Å²) in [5.74, 6) is 0. The van der Waals surface area contributed by atoms with Gasteiger partial charge in [0.25, 0.3) is 0 Å². The van der Waals surface area contributed by atoms with Crippen molar-refractivity contribution in [1.82, 2.24) is 4.90 Å². The summed E-state index contributed by atoms with van der Waals surface area (Å²) < 4.78 is 0. The van der Waals surface area contributed by atoms with E-state index in [4.69, 9.17) is 0 Å². The lowest BCUT2D eigenvalue weighted by atomic mass is 9.88. The van der Waals surface area contributed by atoms with Gasteiger partial charge in [0.1, 0.15) is 0 Å². The fourth-order valence-electron chi connectivity index (χ4n) is 3.35. The topological polar surface area (TPSA) is 3.24 Å². The molecule has 0 spiro atoms. The van der Waals surface area contributed by atoms with Crippen LogP contribution in [-0.2, 0) is 0 Å². The highest BCUT2D eigenvalue weighted by atomic mass is 79.9. The first-order valence-electron chi connectivity index (χ1n) is 6.57. The smallest absolute Gasteiger partial charge is 0.0149 e. The summed E-state index contributed by atoms with van der Waals surface area (Å²) in [4.78, 5) is 2.72. The molecular formula is C13H24BrNS. The second kappa shape index (κ2) is 5.62. The van der Waals surface area contributed by atoms with Crippen LogP contribution in [0.1, 0.15) is 39.5 Å². The first-order valence-corrected chi connectivity index (χ1v) is 8.64. The maximum absolute atomic E-state index is 3.76. The number of thioether (sulfide) groups is 1. The molecule has 2 aliphatic rings. The first-order chi connectivity index (χ1) is 7.63. The Morgan fingerprint density at radius 2 is 1.75 bits per heavy atom. The molecule has 0 bridgehead atoms. The van der Waals surface area contributed by atoms with Crippen LogP contribution in [0.3, 0.4) is 0 Å². The molecule has 1 saturated heterocycles. The minimum Gasteiger partial charge on any atom is -0.301 e. The summed E-state index contributed by atoms with van der Waals surface area (Å²) in [5.41, 5.74) is 0.599. The van der Waals surface area contributed by atoms with Crippen LogP contribution < -0.4 is 0 Å². The number of alkyl halides is 1. The van der Waals surface area contributed by atoms with E-state index in [2.05, 4.69) is 46.4 Å². The highest BCUT2D eigenvalue weighted by molar-refractivity contribution is 9.09. The number of halogens is 1. The van der Waals surface area contributed by atoms with Gasteiger partial charge in [-0.3, -0.25) is 0 Å². The Balaban J connectivity index is 1.92. The highest BCUT2D eigenvalue weighted by Crippen LogP contribution is 2.41. The van der Waals surface area contributed by atoms with Crippen LogP contribution in [0.2, 0.25) is 0 Å². The van der Waals surface area contributed by atoms with Crippen LogP contribution >= 0.6 is 27.7 Å². The summed E-state index contributed by atoms with van der Waals surface area (Å²) in [5, 5.41) is 2.84. The van der Waals surface area contributed by atoms with E-state index >= 15 is 0 Å². The number of nitrogens with zero attached hydrogens (tertiary/aromatic N) is 1. The van der Waals surface area contributed by atoms with Gasteiger partial charge in [0.05, 0.1) is 0 Å². The monoisotopic (exact) mass is 305 g/mol. The lowest BCUT2D eigenvalue weighted by molar-refractivity contribution is 0.170. The molecule has 0 amide bonds. The average Bonchev–Trinajstić information content (AvgIpc) is 2.65. The average molecular weight is 306 g/mol. The standard InChI is InChI=1S/C13H24BrNS/c1-11-7-15(8-12(2)16-11)10-13(9-14)5-3-4-6-13/h11-12H,3-10H2,1-2H3. The van der Waals surface area contributed by atoms with Gasteiger partial charge in [0.15, 0.2) is 0 Å². The summed E-state index contributed by atoms with van der Waals surface area (Å²) in [6.45, 7) is 8.67. The largest absolute Gasteiger partial charge is 0.301 e. The van der Waals surface area contributed by atoms with E-state index in [1.807, 2.05) is 0 Å². The van der Waals surface area contributed by atoms with Crippen LogP contribution in [0.4, 0.5) is 0 Å². The molecule has 1 heterocycles. The zero-order chi connectivity index (χ0) is 11.6. The van der Waals surface area contributed by atoms with Crippen LogP contribution in [0.25, 0.3) is 0 Å². The van der Waals surface area contributed by atoms with Gasteiger partial charge in [-0.05, 0) is 18.3 Å². The zero-order valence-electron chi connectivity index (χ0n) is 10.5. The quantitative estimate of drug-likeness (QED) is 0.730. The van der Waals surface area contributed by atoms with Crippen LogP contribution in [-0.4, -0.2) is 40.4 Å². The van der Waals surface area contributed by atoms with Crippen molar-refractivity contribution in [3.8, 4) is 0 Å². The predicted octanol–water partition coefficient (Wildman–Crippen LogP) is 3.77. The third-order valence-electron chi connectivity index (χ3n) is 4.00. The van der Waals surface area contributed by atoms with Crippen molar-refractivity contribution in [2.24, 2.45) is 5.41 Å². The zero-order valence-corrected chi connectivity index (χ0v) is 12.9. The van der Waals surface area contributed by atoms with Gasteiger partial charge in [0, 0.05) is 35.5 Å². The van der Waals surface area contributed by atoms with Gasteiger partial charge < -0.3 is 4.90 Å². The van der Waals surface area contributed by atoms with Crippen molar-refractivity contribution in [1.29, 1.82) is 0 Å². The molecule has 2 unspecified atom stereocenters.